The number of aryl methyl sites for hydroxylation is 2. The first-order valence-electron chi connectivity index (χ1n) is 17.0. The van der Waals surface area contributed by atoms with E-state index in [1.807, 2.05) is 70.0 Å². The second-order valence-corrected chi connectivity index (χ2v) is 14.1. The van der Waals surface area contributed by atoms with Crippen LogP contribution in [-0.2, 0) is 25.9 Å². The maximum absolute atomic E-state index is 4.84. The van der Waals surface area contributed by atoms with Gasteiger partial charge in [-0.3, -0.25) is 0 Å². The number of rotatable bonds is 13. The number of benzene rings is 4. The number of hydrogen-bond donors (Lipinski definition) is 0. The molecule has 0 N–H and O–H groups in total. The highest BCUT2D eigenvalue weighted by Gasteiger charge is 2.24. The molecular formula is C38H34N12S2. The predicted molar refractivity (Wildman–Crippen MR) is 202 cm³/mol. The fourth-order valence-electron chi connectivity index (χ4n) is 5.66. The molecule has 0 saturated heterocycles. The largest absolute Gasteiger partial charge is 0.226 e. The van der Waals surface area contributed by atoms with Gasteiger partial charge in [-0.05, 0) is 91.4 Å². The van der Waals surface area contributed by atoms with Crippen molar-refractivity contribution in [2.45, 2.75) is 49.8 Å². The van der Waals surface area contributed by atoms with Gasteiger partial charge in [0.05, 0.1) is 48.0 Å². The molecule has 4 heterocycles. The zero-order valence-electron chi connectivity index (χ0n) is 28.6. The first-order chi connectivity index (χ1) is 25.6. The summed E-state index contributed by atoms with van der Waals surface area (Å²) in [4.78, 5) is 3.22. The zero-order valence-corrected chi connectivity index (χ0v) is 30.2. The molecule has 0 aliphatic rings. The lowest BCUT2D eigenvalue weighted by Gasteiger charge is -2.11. The lowest BCUT2D eigenvalue weighted by Crippen LogP contribution is -2.03. The minimum Gasteiger partial charge on any atom is -0.226 e. The number of nitrogens with zero attached hydrogens (tertiary/aromatic N) is 12. The summed E-state index contributed by atoms with van der Waals surface area (Å²) < 4.78 is 3.85. The van der Waals surface area contributed by atoms with Crippen molar-refractivity contribution in [3.8, 4) is 34.2 Å². The van der Waals surface area contributed by atoms with E-state index in [2.05, 4.69) is 83.0 Å². The van der Waals surface area contributed by atoms with Crippen molar-refractivity contribution in [3.05, 3.63) is 144 Å². The molecule has 258 valence electrons. The summed E-state index contributed by atoms with van der Waals surface area (Å²) in [5.41, 5.74) is 8.07. The summed E-state index contributed by atoms with van der Waals surface area (Å²) in [6.07, 6.45) is 5.51. The number of hydrogen-bond acceptors (Lipinski definition) is 10. The molecule has 4 aromatic carbocycles. The van der Waals surface area contributed by atoms with E-state index in [-0.39, 0.29) is 0 Å². The summed E-state index contributed by atoms with van der Waals surface area (Å²) in [6, 6.07) is 37.1. The maximum Gasteiger partial charge on any atom is 0.209 e. The van der Waals surface area contributed by atoms with E-state index in [1.54, 1.807) is 43.6 Å². The Hall–Kier alpha value is -5.86. The predicted octanol–water partition coefficient (Wildman–Crippen LogP) is 7.39. The Morgan fingerprint density at radius 3 is 1.27 bits per heavy atom. The third-order valence-corrected chi connectivity index (χ3v) is 10.9. The molecule has 52 heavy (non-hydrogen) atoms. The van der Waals surface area contributed by atoms with E-state index in [9.17, 15) is 0 Å². The van der Waals surface area contributed by atoms with Crippen LogP contribution in [0.4, 0.5) is 0 Å². The molecular weight excluding hydrogens is 689 g/mol. The molecule has 8 rings (SSSR count). The standard InChI is InChI=1S/C38H34N12S2/c1-3-27-15-19-31(20-16-27)49-37(33(23-39-49)35-41-45-47(43-35)25-29-11-7-5-8-12-29)51-52-38-34(24-40-50(38)32-21-17-28(4-2)18-22-32)36-42-46-48(44-36)26-30-13-9-6-10-14-30/h5-24H,3-4,25-26H2,1-2H3. The van der Waals surface area contributed by atoms with Crippen LogP contribution in [0.2, 0.25) is 0 Å². The smallest absolute Gasteiger partial charge is 0.209 e. The van der Waals surface area contributed by atoms with Crippen LogP contribution >= 0.6 is 21.6 Å². The van der Waals surface area contributed by atoms with Gasteiger partial charge in [0.1, 0.15) is 10.1 Å². The van der Waals surface area contributed by atoms with Gasteiger partial charge in [-0.1, -0.05) is 98.8 Å². The van der Waals surface area contributed by atoms with Crippen LogP contribution in [0.5, 0.6) is 0 Å². The minimum absolute atomic E-state index is 0.491. The first-order valence-corrected chi connectivity index (χ1v) is 19.1. The van der Waals surface area contributed by atoms with Crippen molar-refractivity contribution in [2.24, 2.45) is 0 Å². The average molecular weight is 723 g/mol. The van der Waals surface area contributed by atoms with Crippen LogP contribution in [0, 0.1) is 0 Å². The van der Waals surface area contributed by atoms with Gasteiger partial charge in [0.15, 0.2) is 0 Å². The second kappa shape index (κ2) is 15.2. The third kappa shape index (κ3) is 7.16. The number of tetrazole rings is 2. The summed E-state index contributed by atoms with van der Waals surface area (Å²) in [5.74, 6) is 0.981. The van der Waals surface area contributed by atoms with Crippen LogP contribution in [0.1, 0.15) is 36.1 Å². The molecule has 0 aliphatic heterocycles. The van der Waals surface area contributed by atoms with Crippen LogP contribution in [0.15, 0.2) is 132 Å². The highest BCUT2D eigenvalue weighted by molar-refractivity contribution is 8.76. The lowest BCUT2D eigenvalue weighted by molar-refractivity contribution is 0.573. The highest BCUT2D eigenvalue weighted by atomic mass is 33.1. The fraction of sp³-hybridized carbons (Fsp3) is 0.158. The van der Waals surface area contributed by atoms with E-state index in [4.69, 9.17) is 20.4 Å². The van der Waals surface area contributed by atoms with Crippen molar-refractivity contribution in [1.29, 1.82) is 0 Å². The molecule has 14 heteroatoms. The molecule has 0 saturated carbocycles. The normalized spacial score (nSPS) is 11.3. The average Bonchev–Trinajstić information content (AvgIpc) is 4.02. The Balaban J connectivity index is 1.17. The van der Waals surface area contributed by atoms with Crippen molar-refractivity contribution >= 4 is 21.6 Å². The quantitative estimate of drug-likeness (QED) is 0.111. The SMILES string of the molecule is CCc1ccc(-n2ncc(-c3nnn(Cc4ccccc4)n3)c2SSc2c(-c3nnn(Cc4ccccc4)n3)cnn2-c2ccc(CC)cc2)cc1. The number of aromatic nitrogens is 12. The molecule has 8 aromatic rings. The second-order valence-electron chi connectivity index (χ2n) is 12.0. The Kier molecular flexibility index (Phi) is 9.71. The van der Waals surface area contributed by atoms with Crippen molar-refractivity contribution in [1.82, 2.24) is 60.0 Å². The van der Waals surface area contributed by atoms with E-state index >= 15 is 0 Å². The Labute approximate surface area is 308 Å². The summed E-state index contributed by atoms with van der Waals surface area (Å²) >= 11 is 0. The van der Waals surface area contributed by atoms with Gasteiger partial charge < -0.3 is 0 Å². The van der Waals surface area contributed by atoms with Crippen LogP contribution in [0.3, 0.4) is 0 Å². The molecule has 0 bridgehead atoms. The Morgan fingerprint density at radius 1 is 0.481 bits per heavy atom. The van der Waals surface area contributed by atoms with Crippen LogP contribution < -0.4 is 0 Å². The van der Waals surface area contributed by atoms with Gasteiger partial charge in [0, 0.05) is 0 Å². The maximum atomic E-state index is 4.84. The van der Waals surface area contributed by atoms with E-state index in [0.29, 0.717) is 24.7 Å². The lowest BCUT2D eigenvalue weighted by atomic mass is 10.1. The monoisotopic (exact) mass is 722 g/mol. The molecule has 0 aliphatic carbocycles. The zero-order chi connectivity index (χ0) is 35.3. The Bertz CT molecular complexity index is 2210. The van der Waals surface area contributed by atoms with Crippen molar-refractivity contribution in [3.63, 3.8) is 0 Å². The molecule has 0 unspecified atom stereocenters. The summed E-state index contributed by atoms with van der Waals surface area (Å²) in [7, 11) is 3.08. The highest BCUT2D eigenvalue weighted by Crippen LogP contribution is 2.45. The third-order valence-electron chi connectivity index (χ3n) is 8.55. The molecule has 0 radical (unpaired) electrons. The first kappa shape index (κ1) is 33.3. The molecule has 0 atom stereocenters. The van der Waals surface area contributed by atoms with Gasteiger partial charge in [0.25, 0.3) is 0 Å². The fourth-order valence-corrected chi connectivity index (χ4v) is 8.17. The van der Waals surface area contributed by atoms with Crippen LogP contribution in [0.25, 0.3) is 34.2 Å². The summed E-state index contributed by atoms with van der Waals surface area (Å²) in [5, 5.41) is 38.6. The van der Waals surface area contributed by atoms with Crippen molar-refractivity contribution < 1.29 is 0 Å². The van der Waals surface area contributed by atoms with E-state index in [1.165, 1.54) is 11.1 Å². The molecule has 0 amide bonds. The molecule has 4 aromatic heterocycles. The van der Waals surface area contributed by atoms with E-state index < -0.39 is 0 Å². The topological polar surface area (TPSA) is 123 Å². The van der Waals surface area contributed by atoms with Crippen molar-refractivity contribution in [2.75, 3.05) is 0 Å². The molecule has 0 fully saturated rings. The van der Waals surface area contributed by atoms with E-state index in [0.717, 1.165) is 56.5 Å². The molecule has 0 spiro atoms. The van der Waals surface area contributed by atoms with Crippen LogP contribution in [-0.4, -0.2) is 60.0 Å². The van der Waals surface area contributed by atoms with Gasteiger partial charge in [-0.25, -0.2) is 9.36 Å². The van der Waals surface area contributed by atoms with Gasteiger partial charge >= 0.3 is 0 Å². The van der Waals surface area contributed by atoms with Gasteiger partial charge in [-0.15, -0.1) is 20.4 Å². The minimum atomic E-state index is 0.491. The summed E-state index contributed by atoms with van der Waals surface area (Å²) in [6.45, 7) is 5.31. The van der Waals surface area contributed by atoms with Gasteiger partial charge in [-0.2, -0.15) is 19.8 Å². The van der Waals surface area contributed by atoms with Gasteiger partial charge in [0.2, 0.25) is 11.6 Å². The molecule has 12 nitrogen and oxygen atoms in total. The Morgan fingerprint density at radius 2 is 0.885 bits per heavy atom.